The molecule has 2 aromatic carbocycles. The van der Waals surface area contributed by atoms with Gasteiger partial charge >= 0.3 is 0 Å². The number of rotatable bonds is 3. The third kappa shape index (κ3) is 2.85. The molecule has 0 atom stereocenters. The molecule has 22 heavy (non-hydrogen) atoms. The van der Waals surface area contributed by atoms with Gasteiger partial charge in [-0.15, -0.1) is 0 Å². The number of halogens is 1. The average Bonchev–Trinajstić information content (AvgIpc) is 2.54. The van der Waals surface area contributed by atoms with Crippen LogP contribution in [0.5, 0.6) is 0 Å². The van der Waals surface area contributed by atoms with Crippen LogP contribution in [0.3, 0.4) is 0 Å². The normalized spacial score (nSPS) is 11.6. The van der Waals surface area contributed by atoms with Gasteiger partial charge in [0.15, 0.2) is 4.73 Å². The lowest BCUT2D eigenvalue weighted by molar-refractivity contribution is 1.16. The summed E-state index contributed by atoms with van der Waals surface area (Å²) in [6.07, 6.45) is 3.81. The molecule has 0 aliphatic heterocycles. The summed E-state index contributed by atoms with van der Waals surface area (Å²) >= 11 is 3.40. The average molecular weight is 351 g/mol. The Kier molecular flexibility index (Phi) is 4.16. The molecule has 2 nitrogen and oxygen atoms in total. The predicted molar refractivity (Wildman–Crippen MR) is 96.5 cm³/mol. The molecule has 0 aliphatic carbocycles. The quantitative estimate of drug-likeness (QED) is 0.450. The van der Waals surface area contributed by atoms with Gasteiger partial charge in [-0.1, -0.05) is 61.2 Å². The number of aromatic nitrogens is 2. The van der Waals surface area contributed by atoms with E-state index in [4.69, 9.17) is 0 Å². The van der Waals surface area contributed by atoms with Crippen LogP contribution in [0.1, 0.15) is 12.5 Å². The molecule has 1 aromatic heterocycles. The summed E-state index contributed by atoms with van der Waals surface area (Å²) in [4.78, 5) is 8.97. The van der Waals surface area contributed by atoms with Gasteiger partial charge in [0, 0.05) is 10.9 Å². The summed E-state index contributed by atoms with van der Waals surface area (Å²) < 4.78 is 0.605. The zero-order chi connectivity index (χ0) is 15.5. The number of fused-ring (bicyclic) bond motifs is 1. The molecule has 0 radical (unpaired) electrons. The Morgan fingerprint density at radius 1 is 1.05 bits per heavy atom. The van der Waals surface area contributed by atoms with E-state index in [0.717, 1.165) is 22.2 Å². The number of para-hydroxylation sites is 1. The summed E-state index contributed by atoms with van der Waals surface area (Å²) in [6.45, 7) is 5.81. The third-order valence-electron chi connectivity index (χ3n) is 3.56. The monoisotopic (exact) mass is 350 g/mol. The number of hydrogen-bond acceptors (Lipinski definition) is 2. The first kappa shape index (κ1) is 14.7. The van der Waals surface area contributed by atoms with Crippen LogP contribution in [0.25, 0.3) is 27.7 Å². The van der Waals surface area contributed by atoms with Crippen molar-refractivity contribution in [1.29, 1.82) is 0 Å². The molecule has 0 fully saturated rings. The molecule has 0 spiro atoms. The predicted octanol–water partition coefficient (Wildman–Crippen LogP) is 5.65. The van der Waals surface area contributed by atoms with Gasteiger partial charge in [-0.25, -0.2) is 9.97 Å². The van der Waals surface area contributed by atoms with E-state index in [1.165, 1.54) is 11.1 Å². The molecule has 3 heteroatoms. The Labute approximate surface area is 138 Å². The SMILES string of the molecule is C=C/C=C(\C)c1ccc(-c2nc(Br)nc3ccccc23)cc1. The third-order valence-corrected chi connectivity index (χ3v) is 3.91. The molecule has 0 N–H and O–H groups in total. The fourth-order valence-corrected chi connectivity index (χ4v) is 2.80. The molecular weight excluding hydrogens is 336 g/mol. The van der Waals surface area contributed by atoms with E-state index < -0.39 is 0 Å². The van der Waals surface area contributed by atoms with E-state index in [1.54, 1.807) is 6.08 Å². The van der Waals surface area contributed by atoms with Crippen molar-refractivity contribution in [1.82, 2.24) is 9.97 Å². The maximum atomic E-state index is 4.56. The molecule has 0 amide bonds. The van der Waals surface area contributed by atoms with E-state index in [-0.39, 0.29) is 0 Å². The lowest BCUT2D eigenvalue weighted by atomic mass is 10.0. The minimum Gasteiger partial charge on any atom is -0.222 e. The fraction of sp³-hybridized carbons (Fsp3) is 0.0526. The Hall–Kier alpha value is -2.26. The highest BCUT2D eigenvalue weighted by atomic mass is 79.9. The highest BCUT2D eigenvalue weighted by Gasteiger charge is 2.08. The summed E-state index contributed by atoms with van der Waals surface area (Å²) in [5.74, 6) is 0. The Bertz CT molecular complexity index is 864. The van der Waals surface area contributed by atoms with E-state index in [2.05, 4.69) is 63.7 Å². The zero-order valence-electron chi connectivity index (χ0n) is 12.3. The lowest BCUT2D eigenvalue weighted by Gasteiger charge is -2.08. The van der Waals surface area contributed by atoms with Gasteiger partial charge in [0.1, 0.15) is 0 Å². The minimum absolute atomic E-state index is 0.605. The Morgan fingerprint density at radius 2 is 1.77 bits per heavy atom. The van der Waals surface area contributed by atoms with Crippen molar-refractivity contribution in [2.45, 2.75) is 6.92 Å². The molecule has 108 valence electrons. The second kappa shape index (κ2) is 6.24. The molecule has 0 unspecified atom stereocenters. The number of nitrogens with zero attached hydrogens (tertiary/aromatic N) is 2. The Morgan fingerprint density at radius 3 is 2.50 bits per heavy atom. The van der Waals surface area contributed by atoms with E-state index in [9.17, 15) is 0 Å². The summed E-state index contributed by atoms with van der Waals surface area (Å²) in [5, 5.41) is 1.05. The van der Waals surface area contributed by atoms with Crippen LogP contribution < -0.4 is 0 Å². The van der Waals surface area contributed by atoms with Crippen LogP contribution >= 0.6 is 15.9 Å². The highest BCUT2D eigenvalue weighted by molar-refractivity contribution is 9.10. The Balaban J connectivity index is 2.12. The van der Waals surface area contributed by atoms with Gasteiger partial charge in [-0.05, 0) is 40.1 Å². The highest BCUT2D eigenvalue weighted by Crippen LogP contribution is 2.28. The summed E-state index contributed by atoms with van der Waals surface area (Å²) in [5.41, 5.74) is 5.33. The number of allylic oxidation sites excluding steroid dienone is 3. The van der Waals surface area contributed by atoms with Gasteiger partial charge < -0.3 is 0 Å². The minimum atomic E-state index is 0.605. The second-order valence-corrected chi connectivity index (χ2v) is 5.73. The summed E-state index contributed by atoms with van der Waals surface area (Å²) in [7, 11) is 0. The topological polar surface area (TPSA) is 25.8 Å². The first-order valence-electron chi connectivity index (χ1n) is 7.01. The van der Waals surface area contributed by atoms with Crippen molar-refractivity contribution in [3.05, 3.63) is 77.6 Å². The van der Waals surface area contributed by atoms with Gasteiger partial charge in [0.25, 0.3) is 0 Å². The van der Waals surface area contributed by atoms with Crippen molar-refractivity contribution in [2.75, 3.05) is 0 Å². The van der Waals surface area contributed by atoms with Crippen molar-refractivity contribution in [2.24, 2.45) is 0 Å². The first-order chi connectivity index (χ1) is 10.7. The number of benzene rings is 2. The standard InChI is InChI=1S/C19H15BrN2/c1-3-6-13(2)14-9-11-15(12-10-14)18-16-7-4-5-8-17(16)21-19(20)22-18/h3-12H,1H2,2H3/b13-6+. The van der Waals surface area contributed by atoms with Gasteiger partial charge in [0.05, 0.1) is 11.2 Å². The molecule has 3 rings (SSSR count). The molecule has 0 aliphatic rings. The molecular formula is C19H15BrN2. The van der Waals surface area contributed by atoms with Crippen molar-refractivity contribution >= 4 is 32.4 Å². The largest absolute Gasteiger partial charge is 0.222 e. The van der Waals surface area contributed by atoms with Crippen LogP contribution in [-0.4, -0.2) is 9.97 Å². The second-order valence-electron chi connectivity index (χ2n) is 5.02. The maximum Gasteiger partial charge on any atom is 0.197 e. The maximum absolute atomic E-state index is 4.56. The van der Waals surface area contributed by atoms with Crippen molar-refractivity contribution < 1.29 is 0 Å². The van der Waals surface area contributed by atoms with Gasteiger partial charge in [-0.3, -0.25) is 0 Å². The first-order valence-corrected chi connectivity index (χ1v) is 7.81. The summed E-state index contributed by atoms with van der Waals surface area (Å²) in [6, 6.07) is 16.4. The van der Waals surface area contributed by atoms with Gasteiger partial charge in [-0.2, -0.15) is 0 Å². The molecule has 0 bridgehead atoms. The van der Waals surface area contributed by atoms with Crippen LogP contribution in [0, 0.1) is 0 Å². The van der Waals surface area contributed by atoms with Crippen LogP contribution in [0.2, 0.25) is 0 Å². The lowest BCUT2D eigenvalue weighted by Crippen LogP contribution is -1.91. The molecule has 1 heterocycles. The smallest absolute Gasteiger partial charge is 0.197 e. The van der Waals surface area contributed by atoms with Crippen LogP contribution in [0.4, 0.5) is 0 Å². The molecule has 0 saturated heterocycles. The van der Waals surface area contributed by atoms with Crippen molar-refractivity contribution in [3.8, 4) is 11.3 Å². The zero-order valence-corrected chi connectivity index (χ0v) is 13.8. The van der Waals surface area contributed by atoms with Crippen LogP contribution in [-0.2, 0) is 0 Å². The van der Waals surface area contributed by atoms with Crippen LogP contribution in [0.15, 0.2) is 72.0 Å². The van der Waals surface area contributed by atoms with Gasteiger partial charge in [0.2, 0.25) is 0 Å². The number of hydrogen-bond donors (Lipinski definition) is 0. The van der Waals surface area contributed by atoms with E-state index in [0.29, 0.717) is 4.73 Å². The van der Waals surface area contributed by atoms with E-state index in [1.807, 2.05) is 30.3 Å². The van der Waals surface area contributed by atoms with E-state index >= 15 is 0 Å². The molecule has 0 saturated carbocycles. The molecule has 3 aromatic rings. The van der Waals surface area contributed by atoms with Crippen molar-refractivity contribution in [3.63, 3.8) is 0 Å². The fourth-order valence-electron chi connectivity index (χ4n) is 2.43.